The third-order valence-corrected chi connectivity index (χ3v) is 5.12. The molecule has 3 rings (SSSR count). The lowest BCUT2D eigenvalue weighted by Crippen LogP contribution is -2.33. The average Bonchev–Trinajstić information content (AvgIpc) is 2.61. The van der Waals surface area contributed by atoms with Crippen molar-refractivity contribution in [2.45, 2.75) is 37.1 Å². The highest BCUT2D eigenvalue weighted by Gasteiger charge is 2.13. The summed E-state index contributed by atoms with van der Waals surface area (Å²) in [4.78, 5) is 24.8. The summed E-state index contributed by atoms with van der Waals surface area (Å²) < 4.78 is 14.3. The van der Waals surface area contributed by atoms with Gasteiger partial charge in [0, 0.05) is 17.5 Å². The molecular formula is C18H20FN3O2S. The minimum atomic E-state index is -0.295. The number of thioether (sulfide) groups is 1. The Balaban J connectivity index is 1.47. The van der Waals surface area contributed by atoms with Gasteiger partial charge in [0.05, 0.1) is 18.0 Å². The molecule has 1 N–H and O–H groups in total. The van der Waals surface area contributed by atoms with E-state index in [9.17, 15) is 14.0 Å². The van der Waals surface area contributed by atoms with Gasteiger partial charge in [-0.25, -0.2) is 9.07 Å². The Labute approximate surface area is 149 Å². The molecule has 7 heteroatoms. The van der Waals surface area contributed by atoms with Crippen molar-refractivity contribution in [3.63, 3.8) is 0 Å². The van der Waals surface area contributed by atoms with Gasteiger partial charge in [0.1, 0.15) is 5.82 Å². The van der Waals surface area contributed by atoms with Crippen molar-refractivity contribution < 1.29 is 9.18 Å². The van der Waals surface area contributed by atoms with Crippen LogP contribution in [-0.2, 0) is 24.2 Å². The van der Waals surface area contributed by atoms with Gasteiger partial charge in [-0.3, -0.25) is 9.59 Å². The highest BCUT2D eigenvalue weighted by Crippen LogP contribution is 2.18. The van der Waals surface area contributed by atoms with Gasteiger partial charge in [-0.15, -0.1) is 11.8 Å². The van der Waals surface area contributed by atoms with Crippen LogP contribution in [0.5, 0.6) is 0 Å². The van der Waals surface area contributed by atoms with Crippen molar-refractivity contribution >= 4 is 17.7 Å². The minimum Gasteiger partial charge on any atom is -0.354 e. The van der Waals surface area contributed by atoms with Crippen molar-refractivity contribution in [2.75, 3.05) is 12.3 Å². The van der Waals surface area contributed by atoms with Crippen molar-refractivity contribution in [1.82, 2.24) is 15.1 Å². The molecule has 1 heterocycles. The Kier molecular flexibility index (Phi) is 5.86. The third kappa shape index (κ3) is 4.92. The van der Waals surface area contributed by atoms with E-state index < -0.39 is 0 Å². The molecule has 0 bridgehead atoms. The first-order valence-corrected chi connectivity index (χ1v) is 9.35. The van der Waals surface area contributed by atoms with Crippen LogP contribution in [0.15, 0.2) is 40.0 Å². The Bertz CT molecular complexity index is 805. The largest absolute Gasteiger partial charge is 0.354 e. The van der Waals surface area contributed by atoms with Crippen LogP contribution < -0.4 is 10.9 Å². The molecule has 0 spiro atoms. The second-order valence-electron chi connectivity index (χ2n) is 5.98. The van der Waals surface area contributed by atoms with Crippen LogP contribution in [0.3, 0.4) is 0 Å². The summed E-state index contributed by atoms with van der Waals surface area (Å²) in [6.45, 7) is 0.716. The Morgan fingerprint density at radius 3 is 2.80 bits per heavy atom. The number of carbonyl (C=O) groups excluding carboxylic acids is 1. The molecule has 1 aliphatic rings. The average molecular weight is 361 g/mol. The van der Waals surface area contributed by atoms with E-state index in [1.165, 1.54) is 28.6 Å². The second-order valence-corrected chi connectivity index (χ2v) is 7.03. The van der Waals surface area contributed by atoms with Crippen molar-refractivity contribution in [3.05, 3.63) is 57.8 Å². The molecule has 132 valence electrons. The van der Waals surface area contributed by atoms with Crippen LogP contribution in [0.2, 0.25) is 0 Å². The van der Waals surface area contributed by atoms with Crippen LogP contribution >= 0.6 is 11.8 Å². The van der Waals surface area contributed by atoms with E-state index in [0.717, 1.165) is 41.8 Å². The smallest absolute Gasteiger partial charge is 0.267 e. The predicted octanol–water partition coefficient (Wildman–Crippen LogP) is 2.17. The number of benzene rings is 1. The quantitative estimate of drug-likeness (QED) is 0.801. The van der Waals surface area contributed by atoms with E-state index >= 15 is 0 Å². The summed E-state index contributed by atoms with van der Waals surface area (Å²) in [5, 5.41) is 7.21. The number of aromatic nitrogens is 2. The highest BCUT2D eigenvalue weighted by molar-refractivity contribution is 8.00. The maximum Gasteiger partial charge on any atom is 0.267 e. The van der Waals surface area contributed by atoms with E-state index in [-0.39, 0.29) is 23.0 Å². The zero-order valence-corrected chi connectivity index (χ0v) is 14.7. The van der Waals surface area contributed by atoms with Gasteiger partial charge >= 0.3 is 0 Å². The number of fused-ring (bicyclic) bond motifs is 1. The van der Waals surface area contributed by atoms with Gasteiger partial charge in [0.25, 0.3) is 5.56 Å². The van der Waals surface area contributed by atoms with Gasteiger partial charge < -0.3 is 5.32 Å². The van der Waals surface area contributed by atoms with Gasteiger partial charge in [-0.1, -0.05) is 0 Å². The molecule has 0 unspecified atom stereocenters. The normalized spacial score (nSPS) is 13.3. The fraction of sp³-hybridized carbons (Fsp3) is 0.389. The summed E-state index contributed by atoms with van der Waals surface area (Å²) in [6, 6.07) is 7.70. The summed E-state index contributed by atoms with van der Waals surface area (Å²) >= 11 is 1.34. The number of rotatable bonds is 6. The number of amides is 1. The Morgan fingerprint density at radius 1 is 1.24 bits per heavy atom. The zero-order valence-electron chi connectivity index (χ0n) is 13.8. The van der Waals surface area contributed by atoms with Gasteiger partial charge in [0.15, 0.2) is 0 Å². The van der Waals surface area contributed by atoms with E-state index in [2.05, 4.69) is 10.4 Å². The Morgan fingerprint density at radius 2 is 2.00 bits per heavy atom. The zero-order chi connectivity index (χ0) is 17.6. The highest BCUT2D eigenvalue weighted by atomic mass is 32.2. The first-order chi connectivity index (χ1) is 12.1. The van der Waals surface area contributed by atoms with Gasteiger partial charge in [0.2, 0.25) is 5.91 Å². The molecule has 2 aromatic rings. The summed E-state index contributed by atoms with van der Waals surface area (Å²) in [6.07, 6.45) is 4.06. The predicted molar refractivity (Wildman–Crippen MR) is 95.3 cm³/mol. The molecule has 0 aliphatic heterocycles. The van der Waals surface area contributed by atoms with E-state index in [1.807, 2.05) is 0 Å². The molecule has 5 nitrogen and oxygen atoms in total. The minimum absolute atomic E-state index is 0.115. The maximum atomic E-state index is 12.8. The van der Waals surface area contributed by atoms with Crippen LogP contribution in [0.4, 0.5) is 4.39 Å². The fourth-order valence-corrected chi connectivity index (χ4v) is 3.52. The summed E-state index contributed by atoms with van der Waals surface area (Å²) in [5.41, 5.74) is 1.95. The molecule has 0 radical (unpaired) electrons. The lowest BCUT2D eigenvalue weighted by atomic mass is 9.97. The molecular weight excluding hydrogens is 341 g/mol. The molecule has 0 saturated carbocycles. The number of aryl methyl sites for hydroxylation is 2. The number of halogens is 1. The fourth-order valence-electron chi connectivity index (χ4n) is 2.79. The molecule has 1 aromatic heterocycles. The number of carbonyl (C=O) groups is 1. The number of nitrogens with one attached hydrogen (secondary N) is 1. The molecule has 0 atom stereocenters. The Hall–Kier alpha value is -2.15. The van der Waals surface area contributed by atoms with E-state index in [0.29, 0.717) is 13.1 Å². The molecule has 0 saturated heterocycles. The first kappa shape index (κ1) is 17.7. The molecule has 1 aliphatic carbocycles. The maximum absolute atomic E-state index is 12.8. The van der Waals surface area contributed by atoms with Crippen molar-refractivity contribution in [3.8, 4) is 0 Å². The molecule has 25 heavy (non-hydrogen) atoms. The SMILES string of the molecule is O=C(CSc1ccc(F)cc1)NCCn1nc2c(cc1=O)CCCC2. The van der Waals surface area contributed by atoms with E-state index in [1.54, 1.807) is 18.2 Å². The van der Waals surface area contributed by atoms with Gasteiger partial charge in [-0.05, 0) is 55.5 Å². The lowest BCUT2D eigenvalue weighted by molar-refractivity contribution is -0.118. The summed E-state index contributed by atoms with van der Waals surface area (Å²) in [7, 11) is 0. The van der Waals surface area contributed by atoms with Crippen LogP contribution in [-0.4, -0.2) is 28.0 Å². The van der Waals surface area contributed by atoms with Crippen LogP contribution in [0, 0.1) is 5.82 Å². The number of nitrogens with zero attached hydrogens (tertiary/aromatic N) is 2. The second kappa shape index (κ2) is 8.29. The number of hydrogen-bond donors (Lipinski definition) is 1. The van der Waals surface area contributed by atoms with Crippen LogP contribution in [0.25, 0.3) is 0 Å². The molecule has 0 fully saturated rings. The topological polar surface area (TPSA) is 64.0 Å². The van der Waals surface area contributed by atoms with Crippen molar-refractivity contribution in [2.24, 2.45) is 0 Å². The standard InChI is InChI=1S/C18H20FN3O2S/c19-14-5-7-15(8-6-14)25-12-17(23)20-9-10-22-18(24)11-13-3-1-2-4-16(13)21-22/h5-8,11H,1-4,9-10,12H2,(H,20,23). The summed E-state index contributed by atoms with van der Waals surface area (Å²) in [5.74, 6) is -0.171. The number of hydrogen-bond acceptors (Lipinski definition) is 4. The van der Waals surface area contributed by atoms with E-state index in [4.69, 9.17) is 0 Å². The monoisotopic (exact) mass is 361 g/mol. The molecule has 1 aromatic carbocycles. The molecule has 1 amide bonds. The van der Waals surface area contributed by atoms with Gasteiger partial charge in [-0.2, -0.15) is 5.10 Å². The first-order valence-electron chi connectivity index (χ1n) is 8.37. The van der Waals surface area contributed by atoms with Crippen LogP contribution in [0.1, 0.15) is 24.1 Å². The van der Waals surface area contributed by atoms with Crippen molar-refractivity contribution in [1.29, 1.82) is 0 Å². The third-order valence-electron chi connectivity index (χ3n) is 4.10. The lowest BCUT2D eigenvalue weighted by Gasteiger charge is -2.16.